The Morgan fingerprint density at radius 1 is 1.55 bits per heavy atom. The van der Waals surface area contributed by atoms with Crippen LogP contribution in [0.25, 0.3) is 0 Å². The van der Waals surface area contributed by atoms with Crippen molar-refractivity contribution in [1.29, 1.82) is 5.26 Å². The van der Waals surface area contributed by atoms with E-state index in [1.165, 1.54) is 0 Å². The SMILES string of the molecule is N#Cc1ccc(CCBr)nc1. The van der Waals surface area contributed by atoms with Gasteiger partial charge in [0.25, 0.3) is 0 Å². The van der Waals surface area contributed by atoms with Gasteiger partial charge in [-0.2, -0.15) is 5.26 Å². The molecule has 0 aliphatic rings. The van der Waals surface area contributed by atoms with Crippen LogP contribution in [-0.2, 0) is 6.42 Å². The zero-order valence-corrected chi connectivity index (χ0v) is 7.50. The van der Waals surface area contributed by atoms with Crippen LogP contribution in [0, 0.1) is 11.3 Å². The van der Waals surface area contributed by atoms with Crippen molar-refractivity contribution < 1.29 is 0 Å². The van der Waals surface area contributed by atoms with E-state index in [4.69, 9.17) is 5.26 Å². The number of halogens is 1. The lowest BCUT2D eigenvalue weighted by Gasteiger charge is -1.94. The number of rotatable bonds is 2. The maximum atomic E-state index is 8.46. The van der Waals surface area contributed by atoms with Crippen molar-refractivity contribution in [3.05, 3.63) is 29.6 Å². The third kappa shape index (κ3) is 2.32. The lowest BCUT2D eigenvalue weighted by molar-refractivity contribution is 1.05. The van der Waals surface area contributed by atoms with E-state index in [9.17, 15) is 0 Å². The van der Waals surface area contributed by atoms with E-state index >= 15 is 0 Å². The van der Waals surface area contributed by atoms with Crippen molar-refractivity contribution >= 4 is 15.9 Å². The number of hydrogen-bond acceptors (Lipinski definition) is 2. The summed E-state index contributed by atoms with van der Waals surface area (Å²) >= 11 is 3.32. The predicted octanol–water partition coefficient (Wildman–Crippen LogP) is 1.89. The van der Waals surface area contributed by atoms with Crippen molar-refractivity contribution in [3.63, 3.8) is 0 Å². The second-order valence-corrected chi connectivity index (χ2v) is 2.88. The van der Waals surface area contributed by atoms with Crippen molar-refractivity contribution in [2.45, 2.75) is 6.42 Å². The van der Waals surface area contributed by atoms with Gasteiger partial charge in [-0.1, -0.05) is 15.9 Å². The maximum absolute atomic E-state index is 8.46. The molecule has 0 aliphatic heterocycles. The third-order valence-corrected chi connectivity index (χ3v) is 1.70. The Labute approximate surface area is 74.0 Å². The quantitative estimate of drug-likeness (QED) is 0.700. The molecule has 3 heteroatoms. The topological polar surface area (TPSA) is 36.7 Å². The normalized spacial score (nSPS) is 9.09. The molecular weight excluding hydrogens is 204 g/mol. The standard InChI is InChI=1S/C8H7BrN2/c9-4-3-8-2-1-7(5-10)6-11-8/h1-2,6H,3-4H2. The van der Waals surface area contributed by atoms with E-state index < -0.39 is 0 Å². The molecule has 0 aromatic carbocycles. The zero-order chi connectivity index (χ0) is 8.10. The Morgan fingerprint density at radius 2 is 2.36 bits per heavy atom. The number of nitrogens with zero attached hydrogens (tertiary/aromatic N) is 2. The first-order valence-electron chi connectivity index (χ1n) is 3.28. The summed E-state index contributed by atoms with van der Waals surface area (Å²) in [5.74, 6) is 0. The van der Waals surface area contributed by atoms with Crippen LogP contribution in [0.2, 0.25) is 0 Å². The Morgan fingerprint density at radius 3 is 2.82 bits per heavy atom. The van der Waals surface area contributed by atoms with E-state index in [0.717, 1.165) is 17.4 Å². The first-order valence-corrected chi connectivity index (χ1v) is 4.40. The predicted molar refractivity (Wildman–Crippen MR) is 46.5 cm³/mol. The molecule has 0 saturated heterocycles. The number of pyridine rings is 1. The molecule has 0 amide bonds. The first-order chi connectivity index (χ1) is 5.36. The van der Waals surface area contributed by atoms with Gasteiger partial charge in [-0.25, -0.2) is 0 Å². The molecule has 0 bridgehead atoms. The molecule has 0 saturated carbocycles. The summed E-state index contributed by atoms with van der Waals surface area (Å²) in [4.78, 5) is 4.09. The van der Waals surface area contributed by atoms with Crippen LogP contribution < -0.4 is 0 Å². The molecule has 0 unspecified atom stereocenters. The molecule has 0 aliphatic carbocycles. The summed E-state index contributed by atoms with van der Waals surface area (Å²) in [5, 5.41) is 9.37. The number of hydrogen-bond donors (Lipinski definition) is 0. The van der Waals surface area contributed by atoms with E-state index in [1.807, 2.05) is 12.1 Å². The number of aryl methyl sites for hydroxylation is 1. The summed E-state index contributed by atoms with van der Waals surface area (Å²) in [6.45, 7) is 0. The van der Waals surface area contributed by atoms with Gasteiger partial charge in [0.2, 0.25) is 0 Å². The number of alkyl halides is 1. The smallest absolute Gasteiger partial charge is 0.101 e. The van der Waals surface area contributed by atoms with Gasteiger partial charge in [0.05, 0.1) is 5.56 Å². The maximum Gasteiger partial charge on any atom is 0.101 e. The second-order valence-electron chi connectivity index (χ2n) is 2.09. The van der Waals surface area contributed by atoms with Crippen molar-refractivity contribution in [1.82, 2.24) is 4.98 Å². The Kier molecular flexibility index (Phi) is 3.06. The molecule has 1 heterocycles. The Hall–Kier alpha value is -0.880. The van der Waals surface area contributed by atoms with E-state index in [-0.39, 0.29) is 0 Å². The molecule has 1 rings (SSSR count). The molecule has 0 N–H and O–H groups in total. The molecule has 11 heavy (non-hydrogen) atoms. The number of nitriles is 1. The van der Waals surface area contributed by atoms with Crippen LogP contribution >= 0.6 is 15.9 Å². The zero-order valence-electron chi connectivity index (χ0n) is 5.92. The first kappa shape index (κ1) is 8.22. The van der Waals surface area contributed by atoms with Crippen molar-refractivity contribution in [2.75, 3.05) is 5.33 Å². The van der Waals surface area contributed by atoms with Crippen LogP contribution in [0.4, 0.5) is 0 Å². The fourth-order valence-electron chi connectivity index (χ4n) is 0.735. The van der Waals surface area contributed by atoms with Gasteiger partial charge in [0.1, 0.15) is 6.07 Å². The minimum Gasteiger partial charge on any atom is -0.260 e. The molecule has 1 aromatic heterocycles. The van der Waals surface area contributed by atoms with Crippen LogP contribution in [0.1, 0.15) is 11.3 Å². The average molecular weight is 211 g/mol. The van der Waals surface area contributed by atoms with Crippen LogP contribution in [0.15, 0.2) is 18.3 Å². The molecular formula is C8H7BrN2. The molecule has 56 valence electrons. The minimum absolute atomic E-state index is 0.614. The summed E-state index contributed by atoms with van der Waals surface area (Å²) in [5.41, 5.74) is 1.63. The summed E-state index contributed by atoms with van der Waals surface area (Å²) in [7, 11) is 0. The van der Waals surface area contributed by atoms with Gasteiger partial charge in [0.15, 0.2) is 0 Å². The van der Waals surface area contributed by atoms with Gasteiger partial charge < -0.3 is 0 Å². The van der Waals surface area contributed by atoms with Crippen molar-refractivity contribution in [2.24, 2.45) is 0 Å². The highest BCUT2D eigenvalue weighted by Gasteiger charge is 1.92. The second kappa shape index (κ2) is 4.09. The third-order valence-electron chi connectivity index (χ3n) is 1.30. The highest BCUT2D eigenvalue weighted by molar-refractivity contribution is 9.09. The summed E-state index contributed by atoms with van der Waals surface area (Å²) in [6, 6.07) is 5.68. The van der Waals surface area contributed by atoms with Gasteiger partial charge in [-0.3, -0.25) is 4.98 Å². The molecule has 0 spiro atoms. The fraction of sp³-hybridized carbons (Fsp3) is 0.250. The van der Waals surface area contributed by atoms with E-state index in [0.29, 0.717) is 5.56 Å². The van der Waals surface area contributed by atoms with E-state index in [2.05, 4.69) is 20.9 Å². The molecule has 0 radical (unpaired) electrons. The van der Waals surface area contributed by atoms with Gasteiger partial charge in [-0.15, -0.1) is 0 Å². The summed E-state index contributed by atoms with van der Waals surface area (Å²) in [6.07, 6.45) is 2.50. The fourth-order valence-corrected chi connectivity index (χ4v) is 1.14. The molecule has 1 aromatic rings. The minimum atomic E-state index is 0.614. The van der Waals surface area contributed by atoms with Crippen molar-refractivity contribution in [3.8, 4) is 6.07 Å². The lowest BCUT2D eigenvalue weighted by atomic mass is 10.2. The van der Waals surface area contributed by atoms with Gasteiger partial charge in [0, 0.05) is 17.2 Å². The largest absolute Gasteiger partial charge is 0.260 e. The molecule has 0 fully saturated rings. The van der Waals surface area contributed by atoms with Gasteiger partial charge in [-0.05, 0) is 18.6 Å². The Bertz CT molecular complexity index is 260. The highest BCUT2D eigenvalue weighted by atomic mass is 79.9. The average Bonchev–Trinajstić information content (AvgIpc) is 2.07. The van der Waals surface area contributed by atoms with Crippen LogP contribution in [0.3, 0.4) is 0 Å². The Balaban J connectivity index is 2.76. The molecule has 0 atom stereocenters. The van der Waals surface area contributed by atoms with E-state index in [1.54, 1.807) is 12.3 Å². The van der Waals surface area contributed by atoms with Crippen LogP contribution in [-0.4, -0.2) is 10.3 Å². The monoisotopic (exact) mass is 210 g/mol. The lowest BCUT2D eigenvalue weighted by Crippen LogP contribution is -1.90. The van der Waals surface area contributed by atoms with Crippen LogP contribution in [0.5, 0.6) is 0 Å². The highest BCUT2D eigenvalue weighted by Crippen LogP contribution is 2.00. The van der Waals surface area contributed by atoms with Gasteiger partial charge >= 0.3 is 0 Å². The summed E-state index contributed by atoms with van der Waals surface area (Å²) < 4.78 is 0. The number of aromatic nitrogens is 1. The molecule has 2 nitrogen and oxygen atoms in total.